The molecule has 0 amide bonds. The van der Waals surface area contributed by atoms with Gasteiger partial charge >= 0.3 is 0 Å². The van der Waals surface area contributed by atoms with Crippen LogP contribution in [-0.4, -0.2) is 23.4 Å². The van der Waals surface area contributed by atoms with E-state index in [9.17, 15) is 5.26 Å². The first-order chi connectivity index (χ1) is 13.2. The summed E-state index contributed by atoms with van der Waals surface area (Å²) >= 11 is 0. The van der Waals surface area contributed by atoms with Crippen LogP contribution in [0.2, 0.25) is 0 Å². The van der Waals surface area contributed by atoms with Gasteiger partial charge in [-0.1, -0.05) is 26.8 Å². The van der Waals surface area contributed by atoms with Gasteiger partial charge in [-0.25, -0.2) is 0 Å². The summed E-state index contributed by atoms with van der Waals surface area (Å²) in [5.74, 6) is 1.29. The van der Waals surface area contributed by atoms with Gasteiger partial charge in [0, 0.05) is 11.1 Å². The molecule has 0 bridgehead atoms. The number of hydrogen-bond acceptors (Lipinski definition) is 6. The third-order valence-corrected chi connectivity index (χ3v) is 4.57. The highest BCUT2D eigenvalue weighted by atomic mass is 16.5. The second-order valence-corrected chi connectivity index (χ2v) is 8.07. The number of benzene rings is 1. The molecule has 2 aromatic rings. The zero-order valence-electron chi connectivity index (χ0n) is 17.1. The van der Waals surface area contributed by atoms with E-state index in [0.717, 1.165) is 16.8 Å². The van der Waals surface area contributed by atoms with Crippen LogP contribution in [0, 0.1) is 11.3 Å². The van der Waals surface area contributed by atoms with Gasteiger partial charge in [0.15, 0.2) is 11.5 Å². The number of ether oxygens (including phenoxy) is 3. The monoisotopic (exact) mass is 382 g/mol. The lowest BCUT2D eigenvalue weighted by Gasteiger charge is -2.28. The predicted molar refractivity (Wildman–Crippen MR) is 105 cm³/mol. The molecule has 0 saturated heterocycles. The molecule has 0 saturated carbocycles. The fraction of sp³-hybridized carbons (Fsp3) is 0.429. The summed E-state index contributed by atoms with van der Waals surface area (Å²) in [6.45, 7) is 10.1. The van der Waals surface area contributed by atoms with E-state index in [2.05, 4.69) is 37.0 Å². The van der Waals surface area contributed by atoms with Gasteiger partial charge in [0.1, 0.15) is 11.6 Å². The maximum absolute atomic E-state index is 9.80. The van der Waals surface area contributed by atoms with Gasteiger partial charge in [-0.15, -0.1) is 5.10 Å². The summed E-state index contributed by atoms with van der Waals surface area (Å²) in [6, 6.07) is 7.86. The molecule has 28 heavy (non-hydrogen) atoms. The van der Waals surface area contributed by atoms with Crippen molar-refractivity contribution in [3.63, 3.8) is 0 Å². The minimum Gasteiger partial charge on any atom is -0.493 e. The molecule has 7 nitrogen and oxygen atoms in total. The molecule has 0 aliphatic carbocycles. The van der Waals surface area contributed by atoms with Crippen LogP contribution < -0.4 is 19.9 Å². The molecular formula is C21H26N4O3. The van der Waals surface area contributed by atoms with Crippen molar-refractivity contribution in [1.82, 2.24) is 10.2 Å². The number of nitrogens with zero attached hydrogens (tertiary/aromatic N) is 2. The minimum atomic E-state index is -0.413. The van der Waals surface area contributed by atoms with Crippen LogP contribution >= 0.6 is 0 Å². The first-order valence-corrected chi connectivity index (χ1v) is 9.18. The van der Waals surface area contributed by atoms with E-state index in [1.165, 1.54) is 0 Å². The van der Waals surface area contributed by atoms with Crippen LogP contribution in [0.4, 0.5) is 0 Å². The Labute approximate surface area is 165 Å². The zero-order valence-corrected chi connectivity index (χ0v) is 17.1. The molecule has 7 heteroatoms. The van der Waals surface area contributed by atoms with Gasteiger partial charge in [-0.05, 0) is 31.5 Å². The Morgan fingerprint density at radius 1 is 1.29 bits per heavy atom. The quantitative estimate of drug-likeness (QED) is 0.835. The first-order valence-electron chi connectivity index (χ1n) is 9.18. The predicted octanol–water partition coefficient (Wildman–Crippen LogP) is 3.72. The second-order valence-electron chi connectivity index (χ2n) is 8.07. The summed E-state index contributed by atoms with van der Waals surface area (Å²) in [7, 11) is 1.59. The fourth-order valence-electron chi connectivity index (χ4n) is 3.37. The molecule has 1 atom stereocenters. The molecular weight excluding hydrogens is 356 g/mol. The SMILES string of the molecule is COc1cc([C@H]2C(C#N)=C(N)Oc3n[nH]c(C(C)(C)C)c32)ccc1OC(C)C. The van der Waals surface area contributed by atoms with Crippen molar-refractivity contribution < 1.29 is 14.2 Å². The van der Waals surface area contributed by atoms with Gasteiger partial charge in [-0.3, -0.25) is 5.10 Å². The fourth-order valence-corrected chi connectivity index (χ4v) is 3.37. The van der Waals surface area contributed by atoms with E-state index < -0.39 is 5.92 Å². The van der Waals surface area contributed by atoms with Crippen molar-refractivity contribution in [3.8, 4) is 23.4 Å². The Hall–Kier alpha value is -3.14. The molecule has 0 unspecified atom stereocenters. The van der Waals surface area contributed by atoms with Crippen LogP contribution in [0.5, 0.6) is 17.4 Å². The van der Waals surface area contributed by atoms with Crippen molar-refractivity contribution in [2.45, 2.75) is 52.1 Å². The van der Waals surface area contributed by atoms with Crippen LogP contribution in [0.15, 0.2) is 29.7 Å². The van der Waals surface area contributed by atoms with Crippen LogP contribution in [0.25, 0.3) is 0 Å². The van der Waals surface area contributed by atoms with E-state index in [0.29, 0.717) is 23.0 Å². The maximum Gasteiger partial charge on any atom is 0.244 e. The van der Waals surface area contributed by atoms with Crippen LogP contribution in [0.1, 0.15) is 57.4 Å². The average Bonchev–Trinajstić information content (AvgIpc) is 3.04. The van der Waals surface area contributed by atoms with E-state index in [1.54, 1.807) is 7.11 Å². The third kappa shape index (κ3) is 3.38. The number of aromatic amines is 1. The molecule has 148 valence electrons. The lowest BCUT2D eigenvalue weighted by molar-refractivity contribution is 0.230. The van der Waals surface area contributed by atoms with E-state index >= 15 is 0 Å². The number of nitrogens with two attached hydrogens (primary N) is 1. The summed E-state index contributed by atoms with van der Waals surface area (Å²) in [5, 5.41) is 17.2. The third-order valence-electron chi connectivity index (χ3n) is 4.57. The molecule has 0 fully saturated rings. The summed E-state index contributed by atoms with van der Waals surface area (Å²) in [4.78, 5) is 0. The largest absolute Gasteiger partial charge is 0.493 e. The van der Waals surface area contributed by atoms with Crippen molar-refractivity contribution in [2.75, 3.05) is 7.11 Å². The highest BCUT2D eigenvalue weighted by molar-refractivity contribution is 5.58. The Kier molecular flexibility index (Phi) is 4.99. The number of nitrogens with one attached hydrogen (secondary N) is 1. The minimum absolute atomic E-state index is 0.0148. The number of fused-ring (bicyclic) bond motifs is 1. The van der Waals surface area contributed by atoms with E-state index in [-0.39, 0.29) is 17.4 Å². The summed E-state index contributed by atoms with van der Waals surface area (Å²) < 4.78 is 17.0. The van der Waals surface area contributed by atoms with Gasteiger partial charge in [-0.2, -0.15) is 5.26 Å². The van der Waals surface area contributed by atoms with Crippen molar-refractivity contribution in [1.29, 1.82) is 5.26 Å². The topological polar surface area (TPSA) is 106 Å². The number of aromatic nitrogens is 2. The number of nitriles is 1. The Morgan fingerprint density at radius 3 is 2.57 bits per heavy atom. The number of methoxy groups -OCH3 is 1. The summed E-state index contributed by atoms with van der Waals surface area (Å²) in [6.07, 6.45) is 0.0148. The zero-order chi connectivity index (χ0) is 20.6. The van der Waals surface area contributed by atoms with Gasteiger partial charge in [0.2, 0.25) is 11.8 Å². The molecule has 1 aromatic heterocycles. The lowest BCUT2D eigenvalue weighted by Crippen LogP contribution is -2.24. The standard InChI is InChI=1S/C21H26N4O3/c1-11(2)27-14-8-7-12(9-15(14)26-6)16-13(10-22)19(23)28-20-17(16)18(24-25-20)21(3,4)5/h7-9,11,16H,23H2,1-6H3,(H,24,25)/t16-/m0/s1. The highest BCUT2D eigenvalue weighted by Gasteiger charge is 2.38. The molecule has 1 aromatic carbocycles. The number of H-pyrrole nitrogens is 1. The molecule has 3 N–H and O–H groups in total. The van der Waals surface area contributed by atoms with Crippen molar-refractivity contribution in [3.05, 3.63) is 46.5 Å². The number of hydrogen-bond donors (Lipinski definition) is 2. The van der Waals surface area contributed by atoms with Gasteiger partial charge in [0.05, 0.1) is 24.7 Å². The summed E-state index contributed by atoms with van der Waals surface area (Å²) in [5.41, 5.74) is 8.73. The van der Waals surface area contributed by atoms with Gasteiger partial charge < -0.3 is 19.9 Å². The van der Waals surface area contributed by atoms with Crippen LogP contribution in [0.3, 0.4) is 0 Å². The first kappa shape index (κ1) is 19.6. The molecule has 0 spiro atoms. The van der Waals surface area contributed by atoms with Crippen molar-refractivity contribution >= 4 is 0 Å². The van der Waals surface area contributed by atoms with E-state index in [1.807, 2.05) is 32.0 Å². The smallest absolute Gasteiger partial charge is 0.244 e. The molecule has 0 radical (unpaired) electrons. The second kappa shape index (κ2) is 7.12. The molecule has 1 aliphatic heterocycles. The Bertz CT molecular complexity index is 961. The van der Waals surface area contributed by atoms with Crippen molar-refractivity contribution in [2.24, 2.45) is 5.73 Å². The molecule has 3 rings (SSSR count). The normalized spacial score (nSPS) is 16.4. The van der Waals surface area contributed by atoms with Gasteiger partial charge in [0.25, 0.3) is 0 Å². The highest BCUT2D eigenvalue weighted by Crippen LogP contribution is 2.46. The number of rotatable bonds is 4. The lowest BCUT2D eigenvalue weighted by atomic mass is 9.79. The Balaban J connectivity index is 2.20. The van der Waals surface area contributed by atoms with Crippen LogP contribution in [-0.2, 0) is 5.41 Å². The number of allylic oxidation sites excluding steroid dienone is 1. The maximum atomic E-state index is 9.80. The molecule has 2 heterocycles. The average molecular weight is 382 g/mol. The molecule has 1 aliphatic rings. The Morgan fingerprint density at radius 2 is 2.00 bits per heavy atom. The van der Waals surface area contributed by atoms with E-state index in [4.69, 9.17) is 19.9 Å².